The van der Waals surface area contributed by atoms with Crippen molar-refractivity contribution in [3.63, 3.8) is 0 Å². The summed E-state index contributed by atoms with van der Waals surface area (Å²) in [5.41, 5.74) is -0.926. The first-order valence-electron chi connectivity index (χ1n) is 10.6. The van der Waals surface area contributed by atoms with Gasteiger partial charge in [0.05, 0.1) is 19.9 Å². The van der Waals surface area contributed by atoms with Gasteiger partial charge in [-0.1, -0.05) is 30.3 Å². The molecule has 10 nitrogen and oxygen atoms in total. The van der Waals surface area contributed by atoms with E-state index in [1.165, 1.54) is 28.3 Å². The van der Waals surface area contributed by atoms with Crippen molar-refractivity contribution < 1.29 is 47.3 Å². The highest BCUT2D eigenvalue weighted by molar-refractivity contribution is 7.53. The zero-order valence-corrected chi connectivity index (χ0v) is 20.3. The predicted octanol–water partition coefficient (Wildman–Crippen LogP) is 2.67. The number of benzene rings is 1. The lowest BCUT2D eigenvalue weighted by atomic mass is 9.73. The third-order valence-electron chi connectivity index (χ3n) is 5.64. The summed E-state index contributed by atoms with van der Waals surface area (Å²) in [7, 11) is 0.359. The Hall–Kier alpha value is -1.81. The van der Waals surface area contributed by atoms with Crippen LogP contribution in [-0.4, -0.2) is 69.1 Å². The van der Waals surface area contributed by atoms with Crippen molar-refractivity contribution in [1.29, 1.82) is 0 Å². The first kappa shape index (κ1) is 27.4. The van der Waals surface area contributed by atoms with Crippen LogP contribution >= 0.6 is 7.60 Å². The fourth-order valence-electron chi connectivity index (χ4n) is 3.98. The monoisotopic (exact) mass is 488 g/mol. The number of carbonyl (C=O) groups excluding carboxylic acids is 2. The highest BCUT2D eigenvalue weighted by Crippen LogP contribution is 2.49. The van der Waals surface area contributed by atoms with Crippen LogP contribution in [0.2, 0.25) is 0 Å². The van der Waals surface area contributed by atoms with Crippen LogP contribution in [0.4, 0.5) is 0 Å². The fraction of sp³-hybridized carbons (Fsp3) is 0.636. The molecule has 0 amide bonds. The third-order valence-corrected chi connectivity index (χ3v) is 7.56. The Kier molecular flexibility index (Phi) is 10.5. The quantitative estimate of drug-likeness (QED) is 0.203. The minimum atomic E-state index is -3.36. The molecule has 4 atom stereocenters. The molecule has 1 N–H and O–H groups in total. The van der Waals surface area contributed by atoms with Gasteiger partial charge in [0.15, 0.2) is 5.60 Å². The molecule has 2 rings (SSSR count). The van der Waals surface area contributed by atoms with Crippen molar-refractivity contribution >= 4 is 19.5 Å². The average Bonchev–Trinajstić information content (AvgIpc) is 2.81. The van der Waals surface area contributed by atoms with Gasteiger partial charge in [-0.3, -0.25) is 9.36 Å². The third kappa shape index (κ3) is 7.88. The van der Waals surface area contributed by atoms with E-state index < -0.39 is 43.3 Å². The molecular formula is C22H33O10P. The summed E-state index contributed by atoms with van der Waals surface area (Å²) in [6.45, 7) is 1.40. The van der Waals surface area contributed by atoms with Gasteiger partial charge in [-0.2, -0.15) is 0 Å². The van der Waals surface area contributed by atoms with E-state index in [-0.39, 0.29) is 32.2 Å². The van der Waals surface area contributed by atoms with Crippen molar-refractivity contribution in [3.05, 3.63) is 35.9 Å². The molecule has 1 aromatic rings. The maximum Gasteiger partial charge on any atom is 0.337 e. The smallest absolute Gasteiger partial charge is 0.337 e. The van der Waals surface area contributed by atoms with Gasteiger partial charge >= 0.3 is 19.5 Å². The van der Waals surface area contributed by atoms with Crippen molar-refractivity contribution in [2.75, 3.05) is 34.3 Å². The summed E-state index contributed by atoms with van der Waals surface area (Å²) in [6, 6.07) is 9.47. The molecule has 11 heteroatoms. The van der Waals surface area contributed by atoms with Gasteiger partial charge in [0.2, 0.25) is 0 Å². The maximum absolute atomic E-state index is 12.5. The molecule has 0 aliphatic heterocycles. The molecule has 33 heavy (non-hydrogen) atoms. The second kappa shape index (κ2) is 12.6. The van der Waals surface area contributed by atoms with Crippen LogP contribution in [0.5, 0.6) is 0 Å². The molecule has 0 aromatic heterocycles. The van der Waals surface area contributed by atoms with E-state index in [4.69, 9.17) is 28.0 Å². The highest BCUT2D eigenvalue weighted by Gasteiger charge is 2.52. The minimum absolute atomic E-state index is 0.00306. The van der Waals surface area contributed by atoms with Crippen LogP contribution in [-0.2, 0) is 48.8 Å². The summed E-state index contributed by atoms with van der Waals surface area (Å²) >= 11 is 0. The lowest BCUT2D eigenvalue weighted by molar-refractivity contribution is -0.211. The van der Waals surface area contributed by atoms with E-state index >= 15 is 0 Å². The molecule has 0 unspecified atom stereocenters. The number of methoxy groups -OCH3 is 1. The standard InChI is InChI=1S/C22H33O10P/c1-16(23)32-20-18(10-11-33(26,28-3)29-4)12-22(25,21(24)27-2)13-19(20)31-15-30-14-17-8-6-5-7-9-17/h5-9,18-20,25H,10-15H2,1-4H3/t18-,19-,20-,22+/m1/s1. The fourth-order valence-corrected chi connectivity index (χ4v) is 5.14. The van der Waals surface area contributed by atoms with Crippen LogP contribution in [0.1, 0.15) is 31.7 Å². The van der Waals surface area contributed by atoms with Crippen molar-refractivity contribution in [1.82, 2.24) is 0 Å². The second-order valence-electron chi connectivity index (χ2n) is 7.91. The van der Waals surface area contributed by atoms with Gasteiger partial charge in [0.25, 0.3) is 0 Å². The van der Waals surface area contributed by atoms with Crippen molar-refractivity contribution in [2.24, 2.45) is 5.92 Å². The van der Waals surface area contributed by atoms with Gasteiger partial charge < -0.3 is 33.1 Å². The first-order valence-corrected chi connectivity index (χ1v) is 12.3. The molecule has 0 heterocycles. The van der Waals surface area contributed by atoms with Gasteiger partial charge in [0, 0.05) is 33.5 Å². The van der Waals surface area contributed by atoms with E-state index in [0.717, 1.165) is 5.56 Å². The van der Waals surface area contributed by atoms with Gasteiger partial charge in [-0.15, -0.1) is 0 Å². The Labute approximate surface area is 194 Å². The summed E-state index contributed by atoms with van der Waals surface area (Å²) < 4.78 is 44.2. The summed E-state index contributed by atoms with van der Waals surface area (Å²) in [5, 5.41) is 11.0. The Morgan fingerprint density at radius 1 is 1.12 bits per heavy atom. The molecule has 1 fully saturated rings. The number of esters is 2. The average molecular weight is 488 g/mol. The molecule has 0 radical (unpaired) electrons. The topological polar surface area (TPSA) is 127 Å². The summed E-state index contributed by atoms with van der Waals surface area (Å²) in [4.78, 5) is 24.2. The number of rotatable bonds is 12. The van der Waals surface area contributed by atoms with Crippen LogP contribution in [0.25, 0.3) is 0 Å². The Bertz CT molecular complexity index is 809. The summed E-state index contributed by atoms with van der Waals surface area (Å²) in [5.74, 6) is -1.95. The molecule has 1 aliphatic carbocycles. The molecule has 0 bridgehead atoms. The molecule has 186 valence electrons. The molecule has 0 saturated heterocycles. The molecular weight excluding hydrogens is 455 g/mol. The van der Waals surface area contributed by atoms with Gasteiger partial charge in [-0.05, 0) is 18.4 Å². The Morgan fingerprint density at radius 3 is 2.36 bits per heavy atom. The number of aliphatic hydroxyl groups is 1. The highest BCUT2D eigenvalue weighted by atomic mass is 31.2. The number of hydrogen-bond donors (Lipinski definition) is 1. The number of hydrogen-bond acceptors (Lipinski definition) is 10. The maximum atomic E-state index is 12.5. The van der Waals surface area contributed by atoms with E-state index in [1.807, 2.05) is 30.3 Å². The number of ether oxygens (including phenoxy) is 4. The summed E-state index contributed by atoms with van der Waals surface area (Å²) in [6.07, 6.45) is -1.73. The van der Waals surface area contributed by atoms with Crippen LogP contribution in [0, 0.1) is 5.92 Å². The van der Waals surface area contributed by atoms with Crippen LogP contribution in [0.3, 0.4) is 0 Å². The van der Waals surface area contributed by atoms with Gasteiger partial charge in [-0.25, -0.2) is 4.79 Å². The van der Waals surface area contributed by atoms with Gasteiger partial charge in [0.1, 0.15) is 19.0 Å². The minimum Gasteiger partial charge on any atom is -0.467 e. The Morgan fingerprint density at radius 2 is 1.79 bits per heavy atom. The van der Waals surface area contributed by atoms with Crippen LogP contribution < -0.4 is 0 Å². The van der Waals surface area contributed by atoms with Crippen molar-refractivity contribution in [2.45, 2.75) is 50.6 Å². The normalized spacial score (nSPS) is 25.4. The lowest BCUT2D eigenvalue weighted by Gasteiger charge is -2.43. The van der Waals surface area contributed by atoms with E-state index in [2.05, 4.69) is 0 Å². The van der Waals surface area contributed by atoms with E-state index in [1.54, 1.807) is 0 Å². The molecule has 0 spiro atoms. The Balaban J connectivity index is 2.17. The van der Waals surface area contributed by atoms with E-state index in [0.29, 0.717) is 6.61 Å². The SMILES string of the molecule is COC(=O)[C@]1(O)C[C@@H](CCP(=O)(OC)OC)[C@@H](OC(C)=O)[C@H](OCOCc2ccccc2)C1. The van der Waals surface area contributed by atoms with E-state index in [9.17, 15) is 19.3 Å². The zero-order valence-electron chi connectivity index (χ0n) is 19.4. The second-order valence-corrected chi connectivity index (χ2v) is 10.3. The first-order chi connectivity index (χ1) is 15.7. The van der Waals surface area contributed by atoms with Crippen molar-refractivity contribution in [3.8, 4) is 0 Å². The largest absolute Gasteiger partial charge is 0.467 e. The number of carbonyl (C=O) groups is 2. The molecule has 1 aliphatic rings. The molecule has 1 aromatic carbocycles. The predicted molar refractivity (Wildman–Crippen MR) is 117 cm³/mol. The lowest BCUT2D eigenvalue weighted by Crippen LogP contribution is -2.56. The zero-order chi connectivity index (χ0) is 24.5. The van der Waals surface area contributed by atoms with Crippen LogP contribution in [0.15, 0.2) is 30.3 Å². The molecule has 1 saturated carbocycles.